The highest BCUT2D eigenvalue weighted by Crippen LogP contribution is 2.14. The zero-order valence-electron chi connectivity index (χ0n) is 48.0. The van der Waals surface area contributed by atoms with Gasteiger partial charge in [0.15, 0.2) is 0 Å². The Morgan fingerprint density at radius 1 is 0.542 bits per heavy atom. The van der Waals surface area contributed by atoms with E-state index in [1.54, 1.807) is 44.2 Å². The summed E-state index contributed by atoms with van der Waals surface area (Å²) in [6.07, 6.45) is -3.44. The van der Waals surface area contributed by atoms with E-state index in [9.17, 15) is 63.0 Å². The van der Waals surface area contributed by atoms with Crippen LogP contribution in [0.5, 0.6) is 0 Å². The molecular formula is C53H91N17O13. The number of amides is 11. The van der Waals surface area contributed by atoms with Gasteiger partial charge in [0.2, 0.25) is 65.0 Å². The first-order chi connectivity index (χ1) is 39.5. The van der Waals surface area contributed by atoms with Crippen molar-refractivity contribution in [3.63, 3.8) is 0 Å². The van der Waals surface area contributed by atoms with Crippen molar-refractivity contribution in [3.8, 4) is 0 Å². The summed E-state index contributed by atoms with van der Waals surface area (Å²) < 4.78 is 0. The van der Waals surface area contributed by atoms with E-state index in [1.165, 1.54) is 13.8 Å². The van der Waals surface area contributed by atoms with Crippen LogP contribution in [0.15, 0.2) is 30.3 Å². The number of piperidine rings is 1. The Labute approximate surface area is 483 Å². The predicted molar refractivity (Wildman–Crippen MR) is 304 cm³/mol. The predicted octanol–water partition coefficient (Wildman–Crippen LogP) is -7.85. The highest BCUT2D eigenvalue weighted by Gasteiger charge is 2.38. The van der Waals surface area contributed by atoms with Crippen LogP contribution in [0.25, 0.3) is 0 Å². The molecule has 24 N–H and O–H groups in total. The number of nitrogens with two attached hydrogens (primary N) is 5. The lowest BCUT2D eigenvalue weighted by Gasteiger charge is -2.29. The van der Waals surface area contributed by atoms with Crippen LogP contribution in [0.4, 0.5) is 0 Å². The lowest BCUT2D eigenvalue weighted by Crippen LogP contribution is -2.62. The molecule has 0 saturated carbocycles. The van der Waals surface area contributed by atoms with Crippen LogP contribution < -0.4 is 92.5 Å². The van der Waals surface area contributed by atoms with E-state index in [0.29, 0.717) is 31.5 Å². The average molecular weight is 1170 g/mol. The topological polar surface area (TPSA) is 503 Å². The minimum atomic E-state index is -1.70. The van der Waals surface area contributed by atoms with E-state index in [4.69, 9.17) is 28.7 Å². The normalized spacial score (nSPS) is 24.1. The monoisotopic (exact) mass is 1170 g/mol. The summed E-state index contributed by atoms with van der Waals surface area (Å²) in [5.74, 6) is -10.3. The van der Waals surface area contributed by atoms with Crippen LogP contribution in [0.1, 0.15) is 91.0 Å². The van der Waals surface area contributed by atoms with Gasteiger partial charge in [-0.1, -0.05) is 44.2 Å². The number of benzene rings is 1. The lowest BCUT2D eigenvalue weighted by atomic mass is 9.96. The molecule has 30 nitrogen and oxygen atoms in total. The molecule has 1 aromatic rings. The zero-order chi connectivity index (χ0) is 61.8. The summed E-state index contributed by atoms with van der Waals surface area (Å²) in [5, 5.41) is 52.8. The molecule has 466 valence electrons. The Kier molecular flexibility index (Phi) is 31.0. The summed E-state index contributed by atoms with van der Waals surface area (Å²) in [5.41, 5.74) is 29.9. The van der Waals surface area contributed by atoms with Gasteiger partial charge in [0.25, 0.3) is 0 Å². The van der Waals surface area contributed by atoms with E-state index in [1.807, 2.05) is 0 Å². The number of hydrogen-bond donors (Lipinski definition) is 19. The van der Waals surface area contributed by atoms with Crippen LogP contribution in [0.3, 0.4) is 0 Å². The maximum absolute atomic E-state index is 14.5. The molecule has 2 aliphatic rings. The molecule has 2 aliphatic heterocycles. The van der Waals surface area contributed by atoms with Crippen molar-refractivity contribution in [3.05, 3.63) is 35.9 Å². The fraction of sp³-hybridized carbons (Fsp3) is 0.679. The Balaban J connectivity index is 2.08. The second-order valence-corrected chi connectivity index (χ2v) is 21.3. The van der Waals surface area contributed by atoms with Gasteiger partial charge < -0.3 is 103 Å². The highest BCUT2D eigenvalue weighted by molar-refractivity contribution is 5.99. The SMILES string of the molecule is CC(C)C[C@@H]1NC(=O)[C@@H](Cc2ccccc2)NC(=O)[C@H](CCN)NC(=O)[C@@H](NC(=O)[C@H](CCN)NC(=O)[C@@H](NC(=O)[C@H](CCN)NC(=O)C2CCNCC2)C(C)O)CCNC(=O)[C@H](C(C)O)NC(=O)[C@H](CCN)NC(=O)[C@H](CCN)NC1=O. The Bertz CT molecular complexity index is 2310. The van der Waals surface area contributed by atoms with Crippen molar-refractivity contribution >= 4 is 65.0 Å². The van der Waals surface area contributed by atoms with Crippen molar-refractivity contribution in [2.24, 2.45) is 40.5 Å². The molecule has 83 heavy (non-hydrogen) atoms. The third-order valence-electron chi connectivity index (χ3n) is 13.9. The van der Waals surface area contributed by atoms with Gasteiger partial charge in [-0.3, -0.25) is 52.7 Å². The summed E-state index contributed by atoms with van der Waals surface area (Å²) in [4.78, 5) is 154. The minimum absolute atomic E-state index is 0.0192. The van der Waals surface area contributed by atoms with Crippen molar-refractivity contribution in [1.82, 2.24) is 63.8 Å². The lowest BCUT2D eigenvalue weighted by molar-refractivity contribution is -0.137. The quantitative estimate of drug-likeness (QED) is 0.0457. The van der Waals surface area contributed by atoms with Gasteiger partial charge in [-0.15, -0.1) is 0 Å². The van der Waals surface area contributed by atoms with Crippen LogP contribution in [-0.2, 0) is 59.2 Å². The standard InChI is InChI=1S/C53H91N17O13/c1-28(2)26-39-50(80)64-33(10-18-54)44(74)63-37(14-22-58)49(79)69-41(29(3)71)52(82)60-25-17-38(47(77)62-34(11-19-55)46(76)68-40(51(81)67-39)27-31-8-6-5-7-9-31)65-45(75)35(12-20-56)66-53(83)42(30(4)72)70-48(78)36(13-21-57)61-43(73)32-15-23-59-24-16-32/h5-9,28-30,32-42,59,71-72H,10-27,54-58H2,1-4H3,(H,60,82)(H,61,73)(H,62,77)(H,63,74)(H,64,80)(H,65,75)(H,66,83)(H,67,81)(H,68,76)(H,69,79)(H,70,78)/t29?,30?,33-,34-,35-,36-,37-,38-,39-,40+,41-,42-/m0/s1. The van der Waals surface area contributed by atoms with Crippen molar-refractivity contribution in [1.29, 1.82) is 0 Å². The maximum Gasteiger partial charge on any atom is 0.245 e. The Morgan fingerprint density at radius 3 is 1.53 bits per heavy atom. The summed E-state index contributed by atoms with van der Waals surface area (Å²) in [7, 11) is 0. The number of aliphatic hydroxyl groups is 2. The van der Waals surface area contributed by atoms with Gasteiger partial charge in [0.1, 0.15) is 60.4 Å². The number of nitrogens with one attached hydrogen (secondary N) is 12. The molecule has 0 bridgehead atoms. The smallest absolute Gasteiger partial charge is 0.245 e. The van der Waals surface area contributed by atoms with Crippen LogP contribution in [-0.4, -0.2) is 200 Å². The third-order valence-corrected chi connectivity index (χ3v) is 13.9. The van der Waals surface area contributed by atoms with E-state index < -0.39 is 145 Å². The van der Waals surface area contributed by atoms with Crippen molar-refractivity contribution in [2.45, 2.75) is 165 Å². The first-order valence-corrected chi connectivity index (χ1v) is 28.4. The van der Waals surface area contributed by atoms with Crippen LogP contribution in [0, 0.1) is 11.8 Å². The van der Waals surface area contributed by atoms with Gasteiger partial charge in [-0.05, 0) is 129 Å². The molecule has 2 unspecified atom stereocenters. The molecule has 2 saturated heterocycles. The largest absolute Gasteiger partial charge is 0.391 e. The summed E-state index contributed by atoms with van der Waals surface area (Å²) >= 11 is 0. The first-order valence-electron chi connectivity index (χ1n) is 28.4. The molecule has 0 aliphatic carbocycles. The molecule has 2 heterocycles. The molecule has 11 amide bonds. The van der Waals surface area contributed by atoms with Crippen LogP contribution in [0.2, 0.25) is 0 Å². The third kappa shape index (κ3) is 23.7. The van der Waals surface area contributed by atoms with Crippen molar-refractivity contribution < 1.29 is 63.0 Å². The molecule has 3 rings (SSSR count). The number of carbonyl (C=O) groups excluding carboxylic acids is 11. The van der Waals surface area contributed by atoms with E-state index in [-0.39, 0.29) is 95.4 Å². The molecule has 0 radical (unpaired) electrons. The van der Waals surface area contributed by atoms with E-state index in [0.717, 1.165) is 0 Å². The minimum Gasteiger partial charge on any atom is -0.391 e. The number of hydrogen-bond acceptors (Lipinski definition) is 19. The maximum atomic E-state index is 14.5. The second kappa shape index (κ2) is 36.6. The van der Waals surface area contributed by atoms with E-state index in [2.05, 4.69) is 63.8 Å². The van der Waals surface area contributed by atoms with Gasteiger partial charge in [0, 0.05) is 18.9 Å². The highest BCUT2D eigenvalue weighted by atomic mass is 16.3. The fourth-order valence-corrected chi connectivity index (χ4v) is 9.25. The summed E-state index contributed by atoms with van der Waals surface area (Å²) in [6.45, 7) is 6.00. The first kappa shape index (κ1) is 70.3. The molecule has 2 fully saturated rings. The fourth-order valence-electron chi connectivity index (χ4n) is 9.25. The molecule has 0 spiro atoms. The number of carbonyl (C=O) groups is 11. The van der Waals surface area contributed by atoms with Crippen LogP contribution >= 0.6 is 0 Å². The van der Waals surface area contributed by atoms with Crippen molar-refractivity contribution in [2.75, 3.05) is 52.4 Å². The van der Waals surface area contributed by atoms with E-state index >= 15 is 0 Å². The second-order valence-electron chi connectivity index (χ2n) is 21.3. The molecule has 1 aromatic carbocycles. The number of rotatable bonds is 24. The Morgan fingerprint density at radius 2 is 1.02 bits per heavy atom. The van der Waals surface area contributed by atoms with Gasteiger partial charge in [-0.25, -0.2) is 0 Å². The molecule has 0 aromatic heterocycles. The molecule has 30 heteroatoms. The van der Waals surface area contributed by atoms with Gasteiger partial charge in [0.05, 0.1) is 12.2 Å². The summed E-state index contributed by atoms with van der Waals surface area (Å²) in [6, 6.07) is -6.24. The average Bonchev–Trinajstić information content (AvgIpc) is 3.44. The number of aliphatic hydroxyl groups excluding tert-OH is 2. The van der Waals surface area contributed by atoms with Gasteiger partial charge >= 0.3 is 0 Å². The molecule has 12 atom stereocenters. The zero-order valence-corrected chi connectivity index (χ0v) is 48.0. The van der Waals surface area contributed by atoms with Gasteiger partial charge in [-0.2, -0.15) is 0 Å². The Hall–Kier alpha value is -6.93. The molecular weight excluding hydrogens is 1080 g/mol.